The Kier molecular flexibility index (Phi) is 3.19. The van der Waals surface area contributed by atoms with Gasteiger partial charge in [-0.25, -0.2) is 0 Å². The number of rotatable bonds is 1. The molecule has 2 aromatic rings. The predicted octanol–water partition coefficient (Wildman–Crippen LogP) is 4.21. The molecule has 0 aliphatic rings. The zero-order valence-electron chi connectivity index (χ0n) is 7.37. The van der Waals surface area contributed by atoms with E-state index in [9.17, 15) is 0 Å². The van der Waals surface area contributed by atoms with Gasteiger partial charge in [0.05, 0.1) is 0 Å². The first-order valence-corrected chi connectivity index (χ1v) is 6.39. The minimum atomic E-state index is 0.625. The van der Waals surface area contributed by atoms with Crippen LogP contribution in [0.5, 0.6) is 0 Å². The van der Waals surface area contributed by atoms with Crippen molar-refractivity contribution < 1.29 is 0 Å². The first kappa shape index (κ1) is 10.8. The van der Waals surface area contributed by atoms with Crippen LogP contribution in [-0.4, -0.2) is 4.37 Å². The van der Waals surface area contributed by atoms with E-state index in [1.807, 2.05) is 24.3 Å². The van der Waals surface area contributed by atoms with Gasteiger partial charge in [-0.3, -0.25) is 0 Å². The van der Waals surface area contributed by atoms with Gasteiger partial charge in [0.1, 0.15) is 15.5 Å². The number of halogens is 2. The summed E-state index contributed by atoms with van der Waals surface area (Å²) in [6, 6.07) is 9.95. The van der Waals surface area contributed by atoms with Crippen LogP contribution in [0.25, 0.3) is 11.1 Å². The van der Waals surface area contributed by atoms with Gasteiger partial charge in [0, 0.05) is 10.0 Å². The Balaban J connectivity index is 2.64. The van der Waals surface area contributed by atoms with Gasteiger partial charge in [0.2, 0.25) is 0 Å². The van der Waals surface area contributed by atoms with Gasteiger partial charge in [-0.05, 0) is 45.2 Å². The number of hydrogen-bond donors (Lipinski definition) is 0. The van der Waals surface area contributed by atoms with E-state index in [1.54, 1.807) is 0 Å². The van der Waals surface area contributed by atoms with Crippen molar-refractivity contribution in [2.75, 3.05) is 0 Å². The van der Waals surface area contributed by atoms with Crippen molar-refractivity contribution in [2.24, 2.45) is 0 Å². The Bertz CT molecular complexity index is 543. The number of hydrogen-bond acceptors (Lipinski definition) is 3. The van der Waals surface area contributed by atoms with E-state index in [2.05, 4.69) is 42.3 Å². The first-order chi connectivity index (χ1) is 7.22. The molecule has 2 nitrogen and oxygen atoms in total. The average Bonchev–Trinajstić information content (AvgIpc) is 2.59. The minimum absolute atomic E-state index is 0.625. The van der Waals surface area contributed by atoms with Crippen LogP contribution in [-0.2, 0) is 0 Å². The summed E-state index contributed by atoms with van der Waals surface area (Å²) >= 11 is 7.96. The summed E-state index contributed by atoms with van der Waals surface area (Å²) in [6.07, 6.45) is 0. The van der Waals surface area contributed by atoms with Crippen LogP contribution in [0.4, 0.5) is 0 Å². The second-order valence-corrected chi connectivity index (χ2v) is 5.24. The molecule has 0 aliphatic carbocycles. The summed E-state index contributed by atoms with van der Waals surface area (Å²) in [5.41, 5.74) is 1.85. The minimum Gasteiger partial charge on any atom is -0.191 e. The lowest BCUT2D eigenvalue weighted by Gasteiger charge is -1.99. The molecule has 0 N–H and O–H groups in total. The number of benzene rings is 1. The lowest BCUT2D eigenvalue weighted by atomic mass is 10.1. The fourth-order valence-electron chi connectivity index (χ4n) is 1.24. The average molecular weight is 344 g/mol. The van der Waals surface area contributed by atoms with Crippen molar-refractivity contribution in [2.45, 2.75) is 0 Å². The van der Waals surface area contributed by atoms with E-state index < -0.39 is 0 Å². The smallest absolute Gasteiger partial charge is 0.134 e. The zero-order valence-corrected chi connectivity index (χ0v) is 11.4. The monoisotopic (exact) mass is 342 g/mol. The zero-order chi connectivity index (χ0) is 10.8. The molecular weight excluding hydrogens is 340 g/mol. The maximum absolute atomic E-state index is 8.95. The molecule has 0 atom stereocenters. The second-order valence-electron chi connectivity index (χ2n) is 2.80. The van der Waals surface area contributed by atoms with Crippen molar-refractivity contribution in [3.8, 4) is 17.2 Å². The third-order valence-corrected chi connectivity index (χ3v) is 3.92. The summed E-state index contributed by atoms with van der Waals surface area (Å²) in [4.78, 5) is 0.625. The Labute approximate surface area is 108 Å². The molecule has 2 rings (SSSR count). The van der Waals surface area contributed by atoms with Crippen molar-refractivity contribution in [3.05, 3.63) is 38.2 Å². The predicted molar refractivity (Wildman–Crippen MR) is 67.7 cm³/mol. The van der Waals surface area contributed by atoms with E-state index in [-0.39, 0.29) is 0 Å². The highest BCUT2D eigenvalue weighted by atomic mass is 79.9. The van der Waals surface area contributed by atoms with Crippen molar-refractivity contribution >= 4 is 43.4 Å². The van der Waals surface area contributed by atoms with Crippen LogP contribution < -0.4 is 0 Å². The Morgan fingerprint density at radius 1 is 1.33 bits per heavy atom. The summed E-state index contributed by atoms with van der Waals surface area (Å²) in [7, 11) is 0. The topological polar surface area (TPSA) is 36.7 Å². The van der Waals surface area contributed by atoms with Gasteiger partial charge >= 0.3 is 0 Å². The van der Waals surface area contributed by atoms with E-state index in [4.69, 9.17) is 5.26 Å². The normalized spacial score (nSPS) is 9.93. The third-order valence-electron chi connectivity index (χ3n) is 1.87. The summed E-state index contributed by atoms with van der Waals surface area (Å²) in [6.45, 7) is 0. The molecule has 0 bridgehead atoms. The van der Waals surface area contributed by atoms with Gasteiger partial charge in [-0.1, -0.05) is 28.1 Å². The van der Waals surface area contributed by atoms with Gasteiger partial charge in [0.25, 0.3) is 0 Å². The lowest BCUT2D eigenvalue weighted by Crippen LogP contribution is -1.79. The van der Waals surface area contributed by atoms with Gasteiger partial charge < -0.3 is 0 Å². The molecule has 74 valence electrons. The lowest BCUT2D eigenvalue weighted by molar-refractivity contribution is 1.47. The van der Waals surface area contributed by atoms with E-state index >= 15 is 0 Å². The molecule has 0 unspecified atom stereocenters. The Hall–Kier alpha value is -0.700. The summed E-state index contributed by atoms with van der Waals surface area (Å²) < 4.78 is 5.83. The second kappa shape index (κ2) is 4.44. The van der Waals surface area contributed by atoms with Crippen LogP contribution in [0.2, 0.25) is 0 Å². The first-order valence-electron chi connectivity index (χ1n) is 4.03. The van der Waals surface area contributed by atoms with Crippen molar-refractivity contribution in [3.63, 3.8) is 0 Å². The van der Waals surface area contributed by atoms with Crippen molar-refractivity contribution in [1.82, 2.24) is 4.37 Å². The summed E-state index contributed by atoms with van der Waals surface area (Å²) in [5.74, 6) is 0. The van der Waals surface area contributed by atoms with Crippen LogP contribution >= 0.6 is 43.4 Å². The van der Waals surface area contributed by atoms with Crippen LogP contribution in [0.15, 0.2) is 33.3 Å². The summed E-state index contributed by atoms with van der Waals surface area (Å²) in [5, 5.41) is 8.95. The SMILES string of the molecule is N#Cc1snc(Br)c1-c1cccc(Br)c1. The van der Waals surface area contributed by atoms with Gasteiger partial charge in [0.15, 0.2) is 0 Å². The molecule has 1 aromatic carbocycles. The van der Waals surface area contributed by atoms with E-state index in [0.29, 0.717) is 4.88 Å². The Morgan fingerprint density at radius 2 is 2.13 bits per heavy atom. The van der Waals surface area contributed by atoms with Crippen LogP contribution in [0, 0.1) is 11.3 Å². The molecule has 0 spiro atoms. The van der Waals surface area contributed by atoms with Gasteiger partial charge in [-0.2, -0.15) is 9.64 Å². The fraction of sp³-hybridized carbons (Fsp3) is 0. The molecule has 0 amide bonds. The van der Waals surface area contributed by atoms with Crippen molar-refractivity contribution in [1.29, 1.82) is 5.26 Å². The molecule has 5 heteroatoms. The highest BCUT2D eigenvalue weighted by molar-refractivity contribution is 9.10. The molecule has 1 heterocycles. The highest BCUT2D eigenvalue weighted by Gasteiger charge is 2.13. The fourth-order valence-corrected chi connectivity index (χ4v) is 3.03. The third kappa shape index (κ3) is 2.12. The molecule has 0 radical (unpaired) electrons. The van der Waals surface area contributed by atoms with E-state index in [0.717, 1.165) is 20.2 Å². The molecule has 0 fully saturated rings. The van der Waals surface area contributed by atoms with Crippen LogP contribution in [0.1, 0.15) is 4.88 Å². The molecule has 0 aliphatic heterocycles. The number of aromatic nitrogens is 1. The largest absolute Gasteiger partial charge is 0.191 e. The maximum atomic E-state index is 8.95. The molecule has 15 heavy (non-hydrogen) atoms. The van der Waals surface area contributed by atoms with Gasteiger partial charge in [-0.15, -0.1) is 0 Å². The van der Waals surface area contributed by atoms with E-state index in [1.165, 1.54) is 11.5 Å². The molecule has 0 saturated heterocycles. The maximum Gasteiger partial charge on any atom is 0.134 e. The van der Waals surface area contributed by atoms with Crippen LogP contribution in [0.3, 0.4) is 0 Å². The molecule has 1 aromatic heterocycles. The highest BCUT2D eigenvalue weighted by Crippen LogP contribution is 2.34. The molecular formula is C10H4Br2N2S. The molecule has 0 saturated carbocycles. The standard InChI is InChI=1S/C10H4Br2N2S/c11-7-3-1-2-6(4-7)9-8(5-13)15-14-10(9)12/h1-4H. The number of nitriles is 1. The Morgan fingerprint density at radius 3 is 2.80 bits per heavy atom. The quantitative estimate of drug-likeness (QED) is 0.777. The number of nitrogens with zero attached hydrogens (tertiary/aromatic N) is 2.